The average Bonchev–Trinajstić information content (AvgIpc) is 3.42. The summed E-state index contributed by atoms with van der Waals surface area (Å²) >= 11 is 7.52. The van der Waals surface area contributed by atoms with Crippen molar-refractivity contribution in [3.05, 3.63) is 64.8 Å². The zero-order chi connectivity index (χ0) is 27.4. The maximum Gasteiger partial charge on any atom is 0.254 e. The molecule has 0 aliphatic carbocycles. The summed E-state index contributed by atoms with van der Waals surface area (Å²) in [5.74, 6) is 2.73. The van der Waals surface area contributed by atoms with Gasteiger partial charge in [0.05, 0.1) is 12.9 Å². The number of methoxy groups -OCH3 is 1. The van der Waals surface area contributed by atoms with E-state index in [0.29, 0.717) is 65.1 Å². The summed E-state index contributed by atoms with van der Waals surface area (Å²) in [5.41, 5.74) is 1.54. The van der Waals surface area contributed by atoms with E-state index in [1.165, 1.54) is 11.8 Å². The zero-order valence-electron chi connectivity index (χ0n) is 21.6. The van der Waals surface area contributed by atoms with E-state index in [9.17, 15) is 9.59 Å². The van der Waals surface area contributed by atoms with Crippen molar-refractivity contribution in [3.63, 3.8) is 0 Å². The van der Waals surface area contributed by atoms with Crippen LogP contribution >= 0.6 is 23.4 Å². The number of nitrogens with one attached hydrogen (secondary N) is 1. The predicted octanol–water partition coefficient (Wildman–Crippen LogP) is 3.63. The van der Waals surface area contributed by atoms with Crippen LogP contribution in [0.5, 0.6) is 17.2 Å². The molecule has 204 valence electrons. The van der Waals surface area contributed by atoms with Crippen molar-refractivity contribution in [1.82, 2.24) is 20.2 Å². The highest BCUT2D eigenvalue weighted by molar-refractivity contribution is 7.99. The third-order valence-corrected chi connectivity index (χ3v) is 7.51. The molecule has 5 rings (SSSR count). The predicted molar refractivity (Wildman–Crippen MR) is 148 cm³/mol. The van der Waals surface area contributed by atoms with Gasteiger partial charge in [-0.1, -0.05) is 29.4 Å². The third-order valence-electron chi connectivity index (χ3n) is 6.47. The molecule has 10 nitrogen and oxygen atoms in total. The smallest absolute Gasteiger partial charge is 0.254 e. The van der Waals surface area contributed by atoms with Crippen LogP contribution in [0.2, 0.25) is 5.15 Å². The molecule has 0 saturated carbocycles. The lowest BCUT2D eigenvalue weighted by Gasteiger charge is -2.40. The molecule has 12 heteroatoms. The van der Waals surface area contributed by atoms with Crippen LogP contribution in [0.4, 0.5) is 5.82 Å². The van der Waals surface area contributed by atoms with Gasteiger partial charge in [0.1, 0.15) is 16.7 Å². The largest absolute Gasteiger partial charge is 0.497 e. The SMILES string of the molecule is COc1ccc(C(=O)N2CCN(c3cc(Cl)nc(SCC(=O)NCc4ccc5c(c4)OCO5)n3)CC2C)cc1. The lowest BCUT2D eigenvalue weighted by Crippen LogP contribution is -2.54. The van der Waals surface area contributed by atoms with E-state index in [1.54, 1.807) is 37.4 Å². The fourth-order valence-electron chi connectivity index (χ4n) is 4.41. The Labute approximate surface area is 235 Å². The Balaban J connectivity index is 1.15. The van der Waals surface area contributed by atoms with Crippen LogP contribution in [-0.4, -0.2) is 72.0 Å². The van der Waals surface area contributed by atoms with Gasteiger partial charge in [0.25, 0.3) is 5.91 Å². The molecule has 0 radical (unpaired) electrons. The van der Waals surface area contributed by atoms with Gasteiger partial charge in [-0.3, -0.25) is 9.59 Å². The van der Waals surface area contributed by atoms with Gasteiger partial charge in [-0.15, -0.1) is 0 Å². The number of piperazine rings is 1. The van der Waals surface area contributed by atoms with E-state index in [0.717, 1.165) is 5.56 Å². The number of hydrogen-bond acceptors (Lipinski definition) is 9. The van der Waals surface area contributed by atoms with Crippen molar-refractivity contribution in [2.24, 2.45) is 0 Å². The number of thioether (sulfide) groups is 1. The number of carbonyl (C=O) groups excluding carboxylic acids is 2. The van der Waals surface area contributed by atoms with Crippen molar-refractivity contribution in [2.75, 3.05) is 44.2 Å². The number of amides is 2. The van der Waals surface area contributed by atoms with E-state index < -0.39 is 0 Å². The molecule has 2 aliphatic rings. The van der Waals surface area contributed by atoms with Crippen molar-refractivity contribution in [2.45, 2.75) is 24.7 Å². The van der Waals surface area contributed by atoms with Gasteiger partial charge in [-0.05, 0) is 48.9 Å². The van der Waals surface area contributed by atoms with E-state index in [4.69, 9.17) is 25.8 Å². The Bertz CT molecular complexity index is 1360. The van der Waals surface area contributed by atoms with Gasteiger partial charge in [0, 0.05) is 43.9 Å². The van der Waals surface area contributed by atoms with Crippen LogP contribution < -0.4 is 24.4 Å². The summed E-state index contributed by atoms with van der Waals surface area (Å²) in [6, 6.07) is 14.4. The topological polar surface area (TPSA) is 106 Å². The summed E-state index contributed by atoms with van der Waals surface area (Å²) < 4.78 is 15.9. The van der Waals surface area contributed by atoms with Crippen molar-refractivity contribution in [1.29, 1.82) is 0 Å². The quantitative estimate of drug-likeness (QED) is 0.247. The Morgan fingerprint density at radius 3 is 2.67 bits per heavy atom. The van der Waals surface area contributed by atoms with Gasteiger partial charge < -0.3 is 29.3 Å². The molecule has 1 aromatic heterocycles. The molecule has 0 bridgehead atoms. The molecule has 1 N–H and O–H groups in total. The van der Waals surface area contributed by atoms with Crippen LogP contribution in [-0.2, 0) is 11.3 Å². The van der Waals surface area contributed by atoms with E-state index in [2.05, 4.69) is 20.2 Å². The normalized spacial score (nSPS) is 16.2. The number of hydrogen-bond donors (Lipinski definition) is 1. The fraction of sp³-hybridized carbons (Fsp3) is 0.333. The molecule has 3 aromatic rings. The lowest BCUT2D eigenvalue weighted by atomic mass is 10.1. The Kier molecular flexibility index (Phi) is 8.27. The minimum absolute atomic E-state index is 0.0199. The summed E-state index contributed by atoms with van der Waals surface area (Å²) in [7, 11) is 1.60. The molecule has 1 unspecified atom stereocenters. The number of fused-ring (bicyclic) bond motifs is 1. The van der Waals surface area contributed by atoms with Gasteiger partial charge in [0.2, 0.25) is 12.7 Å². The number of rotatable bonds is 8. The van der Waals surface area contributed by atoms with Crippen LogP contribution in [0.3, 0.4) is 0 Å². The third kappa shape index (κ3) is 6.48. The maximum atomic E-state index is 13.1. The highest BCUT2D eigenvalue weighted by Crippen LogP contribution is 2.32. The summed E-state index contributed by atoms with van der Waals surface area (Å²) in [4.78, 5) is 38.4. The highest BCUT2D eigenvalue weighted by Gasteiger charge is 2.29. The first kappa shape index (κ1) is 26.9. The van der Waals surface area contributed by atoms with Crippen LogP contribution in [0.15, 0.2) is 53.7 Å². The van der Waals surface area contributed by atoms with Crippen LogP contribution in [0, 0.1) is 0 Å². The van der Waals surface area contributed by atoms with E-state index in [-0.39, 0.29) is 30.4 Å². The van der Waals surface area contributed by atoms with Gasteiger partial charge in [-0.25, -0.2) is 9.97 Å². The number of ether oxygens (including phenoxy) is 3. The Hall–Kier alpha value is -3.70. The molecule has 2 aromatic carbocycles. The molecule has 0 spiro atoms. The number of aromatic nitrogens is 2. The fourth-order valence-corrected chi connectivity index (χ4v) is 5.32. The monoisotopic (exact) mass is 569 g/mol. The molecule has 2 aliphatic heterocycles. The van der Waals surface area contributed by atoms with Crippen molar-refractivity contribution < 1.29 is 23.8 Å². The average molecular weight is 570 g/mol. The van der Waals surface area contributed by atoms with E-state index >= 15 is 0 Å². The standard InChI is InChI=1S/C27H28ClN5O5S/c1-17-14-32(9-10-33(17)26(35)19-4-6-20(36-2)7-5-19)24-12-23(28)30-27(31-24)39-15-25(34)29-13-18-3-8-21-22(11-18)38-16-37-21/h3-8,11-12,17H,9-10,13-16H2,1-2H3,(H,29,34). The molecule has 39 heavy (non-hydrogen) atoms. The first-order chi connectivity index (χ1) is 18.9. The molecular formula is C27H28ClN5O5S. The molecule has 2 amide bonds. The second-order valence-corrected chi connectivity index (χ2v) is 10.4. The minimum atomic E-state index is -0.151. The second kappa shape index (κ2) is 12.0. The number of anilines is 1. The second-order valence-electron chi connectivity index (χ2n) is 9.11. The summed E-state index contributed by atoms with van der Waals surface area (Å²) in [6.07, 6.45) is 0. The first-order valence-corrected chi connectivity index (χ1v) is 13.8. The van der Waals surface area contributed by atoms with Crippen molar-refractivity contribution >= 4 is 41.0 Å². The van der Waals surface area contributed by atoms with Gasteiger partial charge in [0.15, 0.2) is 16.7 Å². The zero-order valence-corrected chi connectivity index (χ0v) is 23.1. The minimum Gasteiger partial charge on any atom is -0.497 e. The maximum absolute atomic E-state index is 13.1. The lowest BCUT2D eigenvalue weighted by molar-refractivity contribution is -0.118. The molecule has 3 heterocycles. The molecular weight excluding hydrogens is 542 g/mol. The van der Waals surface area contributed by atoms with Gasteiger partial charge in [-0.2, -0.15) is 0 Å². The molecule has 1 atom stereocenters. The number of carbonyl (C=O) groups is 2. The van der Waals surface area contributed by atoms with Crippen LogP contribution in [0.1, 0.15) is 22.8 Å². The highest BCUT2D eigenvalue weighted by atomic mass is 35.5. The Morgan fingerprint density at radius 2 is 1.90 bits per heavy atom. The summed E-state index contributed by atoms with van der Waals surface area (Å²) in [5, 5.41) is 3.61. The Morgan fingerprint density at radius 1 is 1.10 bits per heavy atom. The van der Waals surface area contributed by atoms with Gasteiger partial charge >= 0.3 is 0 Å². The number of halogens is 1. The van der Waals surface area contributed by atoms with Crippen molar-refractivity contribution in [3.8, 4) is 17.2 Å². The molecule has 1 saturated heterocycles. The van der Waals surface area contributed by atoms with Crippen LogP contribution in [0.25, 0.3) is 0 Å². The number of nitrogens with zero attached hydrogens (tertiary/aromatic N) is 4. The number of benzene rings is 2. The van der Waals surface area contributed by atoms with E-state index in [1.807, 2.05) is 30.0 Å². The molecule has 1 fully saturated rings. The summed E-state index contributed by atoms with van der Waals surface area (Å²) in [6.45, 7) is 4.32. The first-order valence-electron chi connectivity index (χ1n) is 12.4.